The average Bonchev–Trinajstić information content (AvgIpc) is 2.37. The number of carbonyl (C=O) groups excluding carboxylic acids is 3. The highest BCUT2D eigenvalue weighted by Crippen LogP contribution is 2.30. The van der Waals surface area contributed by atoms with Crippen LogP contribution < -0.4 is 5.32 Å². The zero-order valence-electron chi connectivity index (χ0n) is 13.3. The number of esters is 1. The fourth-order valence-electron chi connectivity index (χ4n) is 2.50. The molecule has 0 unspecified atom stereocenters. The van der Waals surface area contributed by atoms with E-state index in [0.717, 1.165) is 19.3 Å². The molecular weight excluding hydrogens is 274 g/mol. The van der Waals surface area contributed by atoms with Crippen molar-refractivity contribution in [2.24, 2.45) is 0 Å². The molecule has 1 saturated carbocycles. The average molecular weight is 299 g/mol. The minimum absolute atomic E-state index is 0.306. The Morgan fingerprint density at radius 1 is 1.10 bits per heavy atom. The Balaban J connectivity index is 2.81. The van der Waals surface area contributed by atoms with Crippen LogP contribution in [0.3, 0.4) is 0 Å². The van der Waals surface area contributed by atoms with Crippen molar-refractivity contribution < 1.29 is 23.9 Å². The van der Waals surface area contributed by atoms with Crippen molar-refractivity contribution in [3.63, 3.8) is 0 Å². The van der Waals surface area contributed by atoms with E-state index in [2.05, 4.69) is 10.1 Å². The van der Waals surface area contributed by atoms with Crippen LogP contribution in [0.4, 0.5) is 4.79 Å². The van der Waals surface area contributed by atoms with Crippen molar-refractivity contribution >= 4 is 17.8 Å². The third kappa shape index (κ3) is 5.36. The number of hydrogen-bond donors (Lipinski definition) is 1. The van der Waals surface area contributed by atoms with Gasteiger partial charge < -0.3 is 14.8 Å². The SMILES string of the molecule is COC(=O)CC(=O)C1(NC(=O)OC(C)(C)C)CCCCC1. The van der Waals surface area contributed by atoms with E-state index in [0.29, 0.717) is 12.8 Å². The predicted octanol–water partition coefficient (Wildman–Crippen LogP) is 2.35. The van der Waals surface area contributed by atoms with Crippen LogP contribution in [0.5, 0.6) is 0 Å². The molecule has 6 heteroatoms. The molecule has 0 radical (unpaired) electrons. The van der Waals surface area contributed by atoms with Crippen LogP contribution in [0, 0.1) is 0 Å². The lowest BCUT2D eigenvalue weighted by atomic mass is 9.77. The minimum atomic E-state index is -1.01. The number of ketones is 1. The van der Waals surface area contributed by atoms with Gasteiger partial charge in [0.15, 0.2) is 5.78 Å². The topological polar surface area (TPSA) is 81.7 Å². The second-order valence-electron chi connectivity index (χ2n) is 6.45. The van der Waals surface area contributed by atoms with E-state index >= 15 is 0 Å². The summed E-state index contributed by atoms with van der Waals surface area (Å²) in [6, 6.07) is 0. The maximum absolute atomic E-state index is 12.4. The summed E-state index contributed by atoms with van der Waals surface area (Å²) in [5.74, 6) is -0.893. The Morgan fingerprint density at radius 2 is 1.67 bits per heavy atom. The van der Waals surface area contributed by atoms with Crippen molar-refractivity contribution in [2.75, 3.05) is 7.11 Å². The molecule has 21 heavy (non-hydrogen) atoms. The number of alkyl carbamates (subject to hydrolysis) is 1. The quantitative estimate of drug-likeness (QED) is 0.636. The van der Waals surface area contributed by atoms with Crippen molar-refractivity contribution in [3.05, 3.63) is 0 Å². The van der Waals surface area contributed by atoms with Gasteiger partial charge >= 0.3 is 12.1 Å². The predicted molar refractivity (Wildman–Crippen MR) is 76.8 cm³/mol. The van der Waals surface area contributed by atoms with E-state index in [4.69, 9.17) is 4.74 Å². The van der Waals surface area contributed by atoms with E-state index in [1.165, 1.54) is 7.11 Å². The van der Waals surface area contributed by atoms with Crippen LogP contribution in [-0.2, 0) is 19.1 Å². The summed E-state index contributed by atoms with van der Waals surface area (Å²) in [6.07, 6.45) is 2.80. The number of hydrogen-bond acceptors (Lipinski definition) is 5. The van der Waals surface area contributed by atoms with Gasteiger partial charge in [-0.25, -0.2) is 4.79 Å². The Kier molecular flexibility index (Phi) is 5.75. The molecule has 0 bridgehead atoms. The number of nitrogens with one attached hydrogen (secondary N) is 1. The van der Waals surface area contributed by atoms with Crippen LogP contribution in [0.25, 0.3) is 0 Å². The number of ether oxygens (including phenoxy) is 2. The first-order valence-corrected chi connectivity index (χ1v) is 7.30. The molecular formula is C15H25NO5. The second kappa shape index (κ2) is 6.91. The molecule has 1 aliphatic rings. The molecule has 1 fully saturated rings. The van der Waals surface area contributed by atoms with Gasteiger partial charge in [0.2, 0.25) is 0 Å². The first kappa shape index (κ1) is 17.5. The molecule has 0 aromatic rings. The fourth-order valence-corrected chi connectivity index (χ4v) is 2.50. The molecule has 1 aliphatic carbocycles. The molecule has 6 nitrogen and oxygen atoms in total. The molecule has 1 N–H and O–H groups in total. The highest BCUT2D eigenvalue weighted by atomic mass is 16.6. The van der Waals surface area contributed by atoms with E-state index in [1.807, 2.05) is 0 Å². The van der Waals surface area contributed by atoms with Crippen molar-refractivity contribution in [3.8, 4) is 0 Å². The smallest absolute Gasteiger partial charge is 0.408 e. The largest absolute Gasteiger partial charge is 0.469 e. The second-order valence-corrected chi connectivity index (χ2v) is 6.45. The summed E-state index contributed by atoms with van der Waals surface area (Å²) < 4.78 is 9.77. The molecule has 1 amide bonds. The first-order valence-electron chi connectivity index (χ1n) is 7.30. The molecule has 0 aliphatic heterocycles. The highest BCUT2D eigenvalue weighted by Gasteiger charge is 2.42. The lowest BCUT2D eigenvalue weighted by molar-refractivity contribution is -0.145. The van der Waals surface area contributed by atoms with E-state index in [9.17, 15) is 14.4 Å². The Labute approximate surface area is 125 Å². The van der Waals surface area contributed by atoms with E-state index in [1.54, 1.807) is 20.8 Å². The summed E-state index contributed by atoms with van der Waals surface area (Å²) in [4.78, 5) is 35.7. The summed E-state index contributed by atoms with van der Waals surface area (Å²) in [5, 5.41) is 2.70. The number of methoxy groups -OCH3 is 1. The Hall–Kier alpha value is -1.59. The highest BCUT2D eigenvalue weighted by molar-refractivity contribution is 6.02. The molecule has 0 atom stereocenters. The van der Waals surface area contributed by atoms with Crippen LogP contribution >= 0.6 is 0 Å². The molecule has 1 rings (SSSR count). The summed E-state index contributed by atoms with van der Waals surface area (Å²) in [5.41, 5.74) is -1.64. The zero-order valence-corrected chi connectivity index (χ0v) is 13.3. The Bertz CT molecular complexity index is 405. The maximum Gasteiger partial charge on any atom is 0.408 e. The van der Waals surface area contributed by atoms with Gasteiger partial charge in [-0.3, -0.25) is 9.59 Å². The van der Waals surface area contributed by atoms with Gasteiger partial charge in [-0.15, -0.1) is 0 Å². The van der Waals surface area contributed by atoms with Crippen molar-refractivity contribution in [1.29, 1.82) is 0 Å². The third-order valence-electron chi connectivity index (χ3n) is 3.51. The van der Waals surface area contributed by atoms with Crippen LogP contribution in [0.2, 0.25) is 0 Å². The molecule has 120 valence electrons. The fraction of sp³-hybridized carbons (Fsp3) is 0.800. The van der Waals surface area contributed by atoms with Crippen LogP contribution in [0.1, 0.15) is 59.3 Å². The zero-order chi connectivity index (χ0) is 16.1. The lowest BCUT2D eigenvalue weighted by Gasteiger charge is -2.36. The molecule has 0 heterocycles. The first-order chi connectivity index (χ1) is 9.68. The summed E-state index contributed by atoms with van der Waals surface area (Å²) >= 11 is 0. The van der Waals surface area contributed by atoms with Crippen molar-refractivity contribution in [2.45, 2.75) is 70.4 Å². The van der Waals surface area contributed by atoms with Gasteiger partial charge in [-0.05, 0) is 33.6 Å². The Morgan fingerprint density at radius 3 is 2.14 bits per heavy atom. The number of carbonyl (C=O) groups is 3. The lowest BCUT2D eigenvalue weighted by Crippen LogP contribution is -2.56. The van der Waals surface area contributed by atoms with Gasteiger partial charge in [-0.2, -0.15) is 0 Å². The van der Waals surface area contributed by atoms with Gasteiger partial charge in [0.1, 0.15) is 17.6 Å². The normalized spacial score (nSPS) is 17.7. The molecule has 0 aromatic carbocycles. The van der Waals surface area contributed by atoms with E-state index < -0.39 is 23.2 Å². The summed E-state index contributed by atoms with van der Waals surface area (Å²) in [6.45, 7) is 5.28. The van der Waals surface area contributed by atoms with Gasteiger partial charge in [0.25, 0.3) is 0 Å². The minimum Gasteiger partial charge on any atom is -0.469 e. The number of Topliss-reactive ketones (excluding diaryl/α,β-unsaturated/α-hetero) is 1. The third-order valence-corrected chi connectivity index (χ3v) is 3.51. The van der Waals surface area contributed by atoms with Gasteiger partial charge in [0, 0.05) is 0 Å². The number of rotatable bonds is 4. The molecule has 0 saturated heterocycles. The van der Waals surface area contributed by atoms with E-state index in [-0.39, 0.29) is 12.2 Å². The summed E-state index contributed by atoms with van der Waals surface area (Å²) in [7, 11) is 1.24. The van der Waals surface area contributed by atoms with Crippen LogP contribution in [-0.4, -0.2) is 36.1 Å². The van der Waals surface area contributed by atoms with Crippen LogP contribution in [0.15, 0.2) is 0 Å². The maximum atomic E-state index is 12.4. The van der Waals surface area contributed by atoms with Gasteiger partial charge in [0.05, 0.1) is 7.11 Å². The van der Waals surface area contributed by atoms with Gasteiger partial charge in [-0.1, -0.05) is 19.3 Å². The number of amides is 1. The molecule has 0 spiro atoms. The van der Waals surface area contributed by atoms with Crippen molar-refractivity contribution in [1.82, 2.24) is 5.32 Å². The molecule has 0 aromatic heterocycles. The standard InChI is InChI=1S/C15H25NO5/c1-14(2,3)21-13(19)16-15(8-6-5-7-9-15)11(17)10-12(18)20-4/h5-10H2,1-4H3,(H,16,19). The monoisotopic (exact) mass is 299 g/mol.